The smallest absolute Gasteiger partial charge is 0.144 e. The third-order valence-corrected chi connectivity index (χ3v) is 2.73. The third-order valence-electron chi connectivity index (χ3n) is 2.42. The molecule has 3 heteroatoms. The van der Waals surface area contributed by atoms with E-state index in [0.29, 0.717) is 11.3 Å². The lowest BCUT2D eigenvalue weighted by molar-refractivity contribution is -0.104. The van der Waals surface area contributed by atoms with Crippen LogP contribution in [0.4, 0.5) is 0 Å². The van der Waals surface area contributed by atoms with Gasteiger partial charge in [-0.25, -0.2) is 0 Å². The van der Waals surface area contributed by atoms with Crippen LogP contribution < -0.4 is 0 Å². The number of rotatable bonds is 2. The van der Waals surface area contributed by atoms with Gasteiger partial charge in [0.2, 0.25) is 0 Å². The molecule has 0 saturated heterocycles. The minimum atomic E-state index is 0.443. The van der Waals surface area contributed by atoms with Gasteiger partial charge in [-0.1, -0.05) is 29.8 Å². The summed E-state index contributed by atoms with van der Waals surface area (Å²) >= 11 is 5.98. The Morgan fingerprint density at radius 3 is 2.80 bits per heavy atom. The Morgan fingerprint density at radius 2 is 2.13 bits per heavy atom. The van der Waals surface area contributed by atoms with E-state index in [9.17, 15) is 4.79 Å². The zero-order valence-electron chi connectivity index (χ0n) is 8.25. The largest absolute Gasteiger partial charge is 0.354 e. The van der Waals surface area contributed by atoms with Crippen LogP contribution in [0, 0.1) is 6.92 Å². The number of aldehydes is 1. The van der Waals surface area contributed by atoms with Crippen LogP contribution in [0.3, 0.4) is 0 Å². The Kier molecular flexibility index (Phi) is 2.60. The number of benzene rings is 1. The number of carbonyl (C=O) groups excluding carboxylic acids is 1. The molecule has 0 radical (unpaired) electrons. The molecule has 0 aliphatic carbocycles. The van der Waals surface area contributed by atoms with Crippen molar-refractivity contribution in [2.24, 2.45) is 0 Å². The summed E-state index contributed by atoms with van der Waals surface area (Å²) in [6, 6.07) is 7.94. The number of H-pyrrole nitrogens is 1. The van der Waals surface area contributed by atoms with E-state index in [2.05, 4.69) is 4.98 Å². The van der Waals surface area contributed by atoms with Gasteiger partial charge in [0.1, 0.15) is 6.29 Å². The van der Waals surface area contributed by atoms with Gasteiger partial charge in [-0.05, 0) is 24.6 Å². The molecule has 0 saturated carbocycles. The number of hydrogen-bond acceptors (Lipinski definition) is 1. The molecule has 1 aromatic heterocycles. The second-order valence-corrected chi connectivity index (χ2v) is 3.73. The van der Waals surface area contributed by atoms with Crippen molar-refractivity contribution in [3.63, 3.8) is 0 Å². The average molecular weight is 220 g/mol. The first kappa shape index (κ1) is 9.99. The van der Waals surface area contributed by atoms with E-state index < -0.39 is 0 Å². The number of aromatic nitrogens is 1. The number of fused-ring (bicyclic) bond motifs is 1. The maximum absolute atomic E-state index is 10.3. The first-order valence-electron chi connectivity index (χ1n) is 4.62. The van der Waals surface area contributed by atoms with Gasteiger partial charge in [-0.15, -0.1) is 0 Å². The van der Waals surface area contributed by atoms with Crippen molar-refractivity contribution in [1.82, 2.24) is 4.98 Å². The molecule has 0 atom stereocenters. The van der Waals surface area contributed by atoms with Gasteiger partial charge in [0.25, 0.3) is 0 Å². The highest BCUT2D eigenvalue weighted by molar-refractivity contribution is 6.49. The zero-order chi connectivity index (χ0) is 10.8. The minimum Gasteiger partial charge on any atom is -0.354 e. The van der Waals surface area contributed by atoms with Gasteiger partial charge in [0, 0.05) is 10.9 Å². The molecule has 1 heterocycles. The van der Waals surface area contributed by atoms with Crippen molar-refractivity contribution in [1.29, 1.82) is 0 Å². The molecular formula is C12H10ClNO. The Labute approximate surface area is 92.6 Å². The van der Waals surface area contributed by atoms with Crippen LogP contribution in [-0.2, 0) is 4.79 Å². The third kappa shape index (κ3) is 1.68. The van der Waals surface area contributed by atoms with E-state index in [-0.39, 0.29) is 0 Å². The van der Waals surface area contributed by atoms with E-state index in [4.69, 9.17) is 11.6 Å². The molecule has 1 aromatic carbocycles. The van der Waals surface area contributed by atoms with Gasteiger partial charge >= 0.3 is 0 Å². The standard InChI is InChI=1S/C12H10ClNO/c1-8-9-4-2-3-5-11(9)14-12(8)10(13)6-7-15/h2-7,14H,1H3. The van der Waals surface area contributed by atoms with E-state index >= 15 is 0 Å². The van der Waals surface area contributed by atoms with Crippen molar-refractivity contribution in [2.75, 3.05) is 0 Å². The quantitative estimate of drug-likeness (QED) is 0.610. The monoisotopic (exact) mass is 219 g/mol. The van der Waals surface area contributed by atoms with Crippen LogP contribution in [0.15, 0.2) is 30.3 Å². The van der Waals surface area contributed by atoms with Crippen molar-refractivity contribution >= 4 is 33.8 Å². The van der Waals surface area contributed by atoms with Gasteiger partial charge in [0.15, 0.2) is 0 Å². The Balaban J connectivity index is 2.68. The molecule has 0 amide bonds. The highest BCUT2D eigenvalue weighted by atomic mass is 35.5. The number of allylic oxidation sites excluding steroid dienone is 1. The second kappa shape index (κ2) is 3.91. The second-order valence-electron chi connectivity index (χ2n) is 3.32. The highest BCUT2D eigenvalue weighted by Crippen LogP contribution is 2.28. The zero-order valence-corrected chi connectivity index (χ0v) is 9.01. The molecule has 2 nitrogen and oxygen atoms in total. The molecule has 0 aliphatic rings. The lowest BCUT2D eigenvalue weighted by atomic mass is 10.1. The summed E-state index contributed by atoms with van der Waals surface area (Å²) in [4.78, 5) is 13.5. The van der Waals surface area contributed by atoms with Gasteiger partial charge in [-0.3, -0.25) is 4.79 Å². The van der Waals surface area contributed by atoms with Crippen LogP contribution >= 0.6 is 11.6 Å². The number of para-hydroxylation sites is 1. The van der Waals surface area contributed by atoms with E-state index in [0.717, 1.165) is 22.2 Å². The molecule has 0 aliphatic heterocycles. The van der Waals surface area contributed by atoms with E-state index in [1.165, 1.54) is 6.08 Å². The normalized spacial score (nSPS) is 12.0. The number of aromatic amines is 1. The summed E-state index contributed by atoms with van der Waals surface area (Å²) in [6.07, 6.45) is 2.03. The summed E-state index contributed by atoms with van der Waals surface area (Å²) in [5, 5.41) is 1.57. The molecule has 0 fully saturated rings. The predicted octanol–water partition coefficient (Wildman–Crippen LogP) is 3.25. The molecule has 15 heavy (non-hydrogen) atoms. The highest BCUT2D eigenvalue weighted by Gasteiger charge is 2.08. The van der Waals surface area contributed by atoms with Gasteiger partial charge < -0.3 is 4.98 Å². The van der Waals surface area contributed by atoms with Crippen LogP contribution in [0.2, 0.25) is 0 Å². The van der Waals surface area contributed by atoms with Crippen molar-refractivity contribution in [3.8, 4) is 0 Å². The van der Waals surface area contributed by atoms with Crippen LogP contribution in [0.25, 0.3) is 15.9 Å². The number of nitrogens with one attached hydrogen (secondary N) is 1. The molecule has 1 N–H and O–H groups in total. The predicted molar refractivity (Wildman–Crippen MR) is 62.9 cm³/mol. The fraction of sp³-hybridized carbons (Fsp3) is 0.0833. The molecule has 0 bridgehead atoms. The summed E-state index contributed by atoms with van der Waals surface area (Å²) in [5.74, 6) is 0. The number of carbonyl (C=O) groups is 1. The van der Waals surface area contributed by atoms with Crippen LogP contribution in [0.1, 0.15) is 11.3 Å². The molecular weight excluding hydrogens is 210 g/mol. The fourth-order valence-electron chi connectivity index (χ4n) is 1.66. The number of hydrogen-bond donors (Lipinski definition) is 1. The Hall–Kier alpha value is -1.54. The van der Waals surface area contributed by atoms with Crippen molar-refractivity contribution < 1.29 is 4.79 Å². The summed E-state index contributed by atoms with van der Waals surface area (Å²) < 4.78 is 0. The summed E-state index contributed by atoms with van der Waals surface area (Å²) in [6.45, 7) is 1.98. The molecule has 2 aromatic rings. The Morgan fingerprint density at radius 1 is 1.40 bits per heavy atom. The fourth-order valence-corrected chi connectivity index (χ4v) is 1.90. The molecule has 2 rings (SSSR count). The van der Waals surface area contributed by atoms with Crippen LogP contribution in [-0.4, -0.2) is 11.3 Å². The molecule has 0 spiro atoms. The summed E-state index contributed by atoms with van der Waals surface area (Å²) in [5.41, 5.74) is 2.90. The maximum Gasteiger partial charge on any atom is 0.144 e. The lowest BCUT2D eigenvalue weighted by Crippen LogP contribution is -1.80. The molecule has 76 valence electrons. The molecule has 0 unspecified atom stereocenters. The van der Waals surface area contributed by atoms with Gasteiger partial charge in [0.05, 0.1) is 10.7 Å². The topological polar surface area (TPSA) is 32.9 Å². The van der Waals surface area contributed by atoms with E-state index in [1.807, 2.05) is 31.2 Å². The van der Waals surface area contributed by atoms with Gasteiger partial charge in [-0.2, -0.15) is 0 Å². The van der Waals surface area contributed by atoms with Crippen molar-refractivity contribution in [2.45, 2.75) is 6.92 Å². The number of aryl methyl sites for hydroxylation is 1. The first-order valence-corrected chi connectivity index (χ1v) is 5.00. The first-order chi connectivity index (χ1) is 7.24. The van der Waals surface area contributed by atoms with E-state index in [1.54, 1.807) is 0 Å². The SMILES string of the molecule is Cc1c(C(Cl)=CC=O)[nH]c2ccccc12. The minimum absolute atomic E-state index is 0.443. The number of halogens is 1. The van der Waals surface area contributed by atoms with Crippen molar-refractivity contribution in [3.05, 3.63) is 41.6 Å². The maximum atomic E-state index is 10.3. The Bertz CT molecular complexity index is 540. The van der Waals surface area contributed by atoms with Crippen LogP contribution in [0.5, 0.6) is 0 Å². The summed E-state index contributed by atoms with van der Waals surface area (Å²) in [7, 11) is 0. The average Bonchev–Trinajstić information content (AvgIpc) is 2.57. The lowest BCUT2D eigenvalue weighted by Gasteiger charge is -1.95.